The molecule has 0 saturated carbocycles. The Labute approximate surface area is 105 Å². The van der Waals surface area contributed by atoms with Crippen molar-refractivity contribution in [3.63, 3.8) is 0 Å². The highest BCUT2D eigenvalue weighted by Gasteiger charge is 2.46. The van der Waals surface area contributed by atoms with Crippen LogP contribution in [0.15, 0.2) is 0 Å². The van der Waals surface area contributed by atoms with E-state index in [-0.39, 0.29) is 18.4 Å². The van der Waals surface area contributed by atoms with Crippen molar-refractivity contribution in [3.05, 3.63) is 0 Å². The van der Waals surface area contributed by atoms with Crippen LogP contribution in [0.2, 0.25) is 0 Å². The second-order valence-electron chi connectivity index (χ2n) is 5.11. The molecular formula is C12H18N2O4. The normalized spacial score (nSPS) is 31.5. The molecule has 0 spiro atoms. The fourth-order valence-corrected chi connectivity index (χ4v) is 2.69. The quantitative estimate of drug-likeness (QED) is 0.741. The summed E-state index contributed by atoms with van der Waals surface area (Å²) in [6.07, 6.45) is 1.90. The second-order valence-corrected chi connectivity index (χ2v) is 5.11. The zero-order chi connectivity index (χ0) is 13.3. The van der Waals surface area contributed by atoms with E-state index < -0.39 is 17.4 Å². The third-order valence-electron chi connectivity index (χ3n) is 4.09. The van der Waals surface area contributed by atoms with E-state index in [0.29, 0.717) is 32.2 Å². The summed E-state index contributed by atoms with van der Waals surface area (Å²) in [4.78, 5) is 36.1. The highest BCUT2D eigenvalue weighted by Crippen LogP contribution is 2.34. The van der Waals surface area contributed by atoms with Gasteiger partial charge in [-0.2, -0.15) is 0 Å². The van der Waals surface area contributed by atoms with Gasteiger partial charge in [0.05, 0.1) is 5.41 Å². The third-order valence-corrected chi connectivity index (χ3v) is 4.09. The summed E-state index contributed by atoms with van der Waals surface area (Å²) in [5.74, 6) is -1.08. The maximum Gasteiger partial charge on any atom is 0.311 e. The van der Waals surface area contributed by atoms with Crippen LogP contribution in [0, 0.1) is 5.41 Å². The molecular weight excluding hydrogens is 236 g/mol. The van der Waals surface area contributed by atoms with E-state index in [2.05, 4.69) is 5.32 Å². The number of hydrogen-bond acceptors (Lipinski definition) is 3. The van der Waals surface area contributed by atoms with Crippen LogP contribution >= 0.6 is 0 Å². The van der Waals surface area contributed by atoms with Gasteiger partial charge in [0.1, 0.15) is 6.04 Å². The maximum atomic E-state index is 12.1. The number of carbonyl (C=O) groups excluding carboxylic acids is 2. The predicted molar refractivity (Wildman–Crippen MR) is 62.7 cm³/mol. The number of carboxylic acids is 1. The molecule has 2 fully saturated rings. The van der Waals surface area contributed by atoms with Gasteiger partial charge < -0.3 is 15.3 Å². The Balaban J connectivity index is 2.02. The fourth-order valence-electron chi connectivity index (χ4n) is 2.69. The van der Waals surface area contributed by atoms with E-state index >= 15 is 0 Å². The molecule has 2 aliphatic rings. The molecule has 6 heteroatoms. The van der Waals surface area contributed by atoms with E-state index in [1.165, 1.54) is 0 Å². The lowest BCUT2D eigenvalue weighted by atomic mass is 9.84. The molecule has 0 radical (unpaired) electrons. The summed E-state index contributed by atoms with van der Waals surface area (Å²) in [5, 5.41) is 11.9. The lowest BCUT2D eigenvalue weighted by Crippen LogP contribution is -2.45. The number of aliphatic carboxylic acids is 1. The molecule has 2 saturated heterocycles. The number of hydrogen-bond donors (Lipinski definition) is 2. The Hall–Kier alpha value is -1.59. The van der Waals surface area contributed by atoms with Gasteiger partial charge in [0.2, 0.25) is 11.8 Å². The fraction of sp³-hybridized carbons (Fsp3) is 0.750. The predicted octanol–water partition coefficient (Wildman–Crippen LogP) is -0.0217. The summed E-state index contributed by atoms with van der Waals surface area (Å²) in [7, 11) is 0. The summed E-state index contributed by atoms with van der Waals surface area (Å²) in [6, 6.07) is -0.459. The van der Waals surface area contributed by atoms with Gasteiger partial charge in [0.15, 0.2) is 0 Å². The van der Waals surface area contributed by atoms with Crippen LogP contribution in [0.5, 0.6) is 0 Å². The molecule has 2 N–H and O–H groups in total. The van der Waals surface area contributed by atoms with E-state index in [1.54, 1.807) is 4.90 Å². The topological polar surface area (TPSA) is 86.7 Å². The molecule has 2 atom stereocenters. The van der Waals surface area contributed by atoms with Gasteiger partial charge in [-0.05, 0) is 19.3 Å². The maximum absolute atomic E-state index is 12.1. The SMILES string of the molecule is CCC1(C(=O)O)CCN(C(=O)C2CCC(=O)N2)C1. The first kappa shape index (κ1) is 12.9. The van der Waals surface area contributed by atoms with Crippen LogP contribution in [0.4, 0.5) is 0 Å². The van der Waals surface area contributed by atoms with Crippen molar-refractivity contribution in [1.82, 2.24) is 10.2 Å². The van der Waals surface area contributed by atoms with Gasteiger partial charge in [0, 0.05) is 19.5 Å². The van der Waals surface area contributed by atoms with Crippen molar-refractivity contribution in [1.29, 1.82) is 0 Å². The highest BCUT2D eigenvalue weighted by atomic mass is 16.4. The van der Waals surface area contributed by atoms with Crippen LogP contribution in [-0.2, 0) is 14.4 Å². The standard InChI is InChI=1S/C12H18N2O4/c1-2-12(11(17)18)5-6-14(7-12)10(16)8-3-4-9(15)13-8/h8H,2-7H2,1H3,(H,13,15)(H,17,18). The van der Waals surface area contributed by atoms with E-state index in [1.807, 2.05) is 6.92 Å². The van der Waals surface area contributed by atoms with Crippen molar-refractivity contribution in [2.75, 3.05) is 13.1 Å². The number of likely N-dealkylation sites (tertiary alicyclic amines) is 1. The van der Waals surface area contributed by atoms with E-state index in [0.717, 1.165) is 0 Å². The highest BCUT2D eigenvalue weighted by molar-refractivity contribution is 5.91. The molecule has 2 unspecified atom stereocenters. The Kier molecular flexibility index (Phi) is 3.28. The lowest BCUT2D eigenvalue weighted by Gasteiger charge is -2.24. The van der Waals surface area contributed by atoms with Gasteiger partial charge in [-0.3, -0.25) is 14.4 Å². The Morgan fingerprint density at radius 2 is 2.28 bits per heavy atom. The van der Waals surface area contributed by atoms with Gasteiger partial charge in [-0.15, -0.1) is 0 Å². The zero-order valence-electron chi connectivity index (χ0n) is 10.4. The van der Waals surface area contributed by atoms with E-state index in [9.17, 15) is 19.5 Å². The largest absolute Gasteiger partial charge is 0.481 e. The first-order valence-electron chi connectivity index (χ1n) is 6.30. The Bertz CT molecular complexity index is 396. The minimum atomic E-state index is -0.837. The molecule has 2 rings (SSSR count). The number of nitrogens with one attached hydrogen (secondary N) is 1. The van der Waals surface area contributed by atoms with Crippen LogP contribution in [0.25, 0.3) is 0 Å². The number of rotatable bonds is 3. The minimum Gasteiger partial charge on any atom is -0.481 e. The summed E-state index contributed by atoms with van der Waals surface area (Å²) in [6.45, 7) is 2.55. The molecule has 0 aromatic rings. The van der Waals surface area contributed by atoms with Gasteiger partial charge in [-0.1, -0.05) is 6.92 Å². The molecule has 18 heavy (non-hydrogen) atoms. The van der Waals surface area contributed by atoms with E-state index in [4.69, 9.17) is 0 Å². The average Bonchev–Trinajstić information content (AvgIpc) is 2.95. The number of carbonyl (C=O) groups is 3. The molecule has 2 heterocycles. The van der Waals surface area contributed by atoms with Crippen LogP contribution in [-0.4, -0.2) is 46.9 Å². The summed E-state index contributed by atoms with van der Waals surface area (Å²) in [5.41, 5.74) is -0.807. The first-order valence-corrected chi connectivity index (χ1v) is 6.30. The smallest absolute Gasteiger partial charge is 0.311 e. The van der Waals surface area contributed by atoms with Crippen molar-refractivity contribution < 1.29 is 19.5 Å². The number of amides is 2. The minimum absolute atomic E-state index is 0.104. The van der Waals surface area contributed by atoms with Gasteiger partial charge in [0.25, 0.3) is 0 Å². The molecule has 0 aromatic heterocycles. The van der Waals surface area contributed by atoms with Gasteiger partial charge >= 0.3 is 5.97 Å². The molecule has 0 bridgehead atoms. The Morgan fingerprint density at radius 1 is 1.56 bits per heavy atom. The Morgan fingerprint density at radius 3 is 2.72 bits per heavy atom. The average molecular weight is 254 g/mol. The zero-order valence-corrected chi connectivity index (χ0v) is 10.4. The van der Waals surface area contributed by atoms with Crippen molar-refractivity contribution in [2.24, 2.45) is 5.41 Å². The molecule has 2 aliphatic heterocycles. The number of carboxylic acid groups (broad SMARTS) is 1. The molecule has 0 aliphatic carbocycles. The first-order chi connectivity index (χ1) is 8.48. The number of nitrogens with zero attached hydrogens (tertiary/aromatic N) is 1. The van der Waals surface area contributed by atoms with Gasteiger partial charge in [-0.25, -0.2) is 0 Å². The molecule has 100 valence electrons. The van der Waals surface area contributed by atoms with Crippen molar-refractivity contribution in [2.45, 2.75) is 38.6 Å². The molecule has 0 aromatic carbocycles. The molecule has 6 nitrogen and oxygen atoms in total. The van der Waals surface area contributed by atoms with Crippen molar-refractivity contribution >= 4 is 17.8 Å². The summed E-state index contributed by atoms with van der Waals surface area (Å²) < 4.78 is 0. The summed E-state index contributed by atoms with van der Waals surface area (Å²) >= 11 is 0. The lowest BCUT2D eigenvalue weighted by molar-refractivity contribution is -0.149. The van der Waals surface area contributed by atoms with Crippen molar-refractivity contribution in [3.8, 4) is 0 Å². The van der Waals surface area contributed by atoms with Crippen LogP contribution < -0.4 is 5.32 Å². The van der Waals surface area contributed by atoms with Crippen LogP contribution in [0.3, 0.4) is 0 Å². The monoisotopic (exact) mass is 254 g/mol. The molecule has 2 amide bonds. The van der Waals surface area contributed by atoms with Crippen LogP contribution in [0.1, 0.15) is 32.6 Å². The third kappa shape index (κ3) is 2.07. The second kappa shape index (κ2) is 4.59.